The van der Waals surface area contributed by atoms with Crippen LogP contribution in [0.15, 0.2) is 18.2 Å². The highest BCUT2D eigenvalue weighted by Crippen LogP contribution is 2.27. The zero-order chi connectivity index (χ0) is 14.0. The molecular weight excluding hydrogens is 248 g/mol. The van der Waals surface area contributed by atoms with Crippen LogP contribution >= 0.6 is 0 Å². The lowest BCUT2D eigenvalue weighted by Crippen LogP contribution is -2.39. The number of nitrogens with zero attached hydrogens (tertiary/aromatic N) is 1. The van der Waals surface area contributed by atoms with Gasteiger partial charge in [0.15, 0.2) is 11.6 Å². The van der Waals surface area contributed by atoms with Crippen LogP contribution in [0.25, 0.3) is 0 Å². The molecule has 1 aromatic rings. The Morgan fingerprint density at radius 1 is 1.21 bits per heavy atom. The Labute approximate surface area is 112 Å². The Balaban J connectivity index is 2.13. The van der Waals surface area contributed by atoms with E-state index in [0.29, 0.717) is 5.92 Å². The van der Waals surface area contributed by atoms with Gasteiger partial charge in [-0.3, -0.25) is 4.79 Å². The Morgan fingerprint density at radius 3 is 2.47 bits per heavy atom. The second-order valence-electron chi connectivity index (χ2n) is 5.43. The SMILES string of the molecule is CC1CCC(N(C)C(=O)c2cccc(F)c2F)CC1. The van der Waals surface area contributed by atoms with Gasteiger partial charge in [-0.1, -0.05) is 13.0 Å². The molecule has 0 aliphatic heterocycles. The fraction of sp³-hybridized carbons (Fsp3) is 0.533. The largest absolute Gasteiger partial charge is 0.339 e. The molecule has 0 atom stereocenters. The van der Waals surface area contributed by atoms with Gasteiger partial charge in [-0.25, -0.2) is 8.78 Å². The zero-order valence-corrected chi connectivity index (χ0v) is 11.3. The summed E-state index contributed by atoms with van der Waals surface area (Å²) in [5.74, 6) is -1.78. The standard InChI is InChI=1S/C15H19F2NO/c1-10-6-8-11(9-7-10)18(2)15(19)12-4-3-5-13(16)14(12)17/h3-5,10-11H,6-9H2,1-2H3. The highest BCUT2D eigenvalue weighted by atomic mass is 19.2. The van der Waals surface area contributed by atoms with Gasteiger partial charge in [-0.2, -0.15) is 0 Å². The van der Waals surface area contributed by atoms with E-state index >= 15 is 0 Å². The molecule has 104 valence electrons. The van der Waals surface area contributed by atoms with Crippen molar-refractivity contribution < 1.29 is 13.6 Å². The molecule has 0 unspecified atom stereocenters. The lowest BCUT2D eigenvalue weighted by molar-refractivity contribution is 0.0673. The monoisotopic (exact) mass is 267 g/mol. The fourth-order valence-electron chi connectivity index (χ4n) is 2.65. The number of hydrogen-bond acceptors (Lipinski definition) is 1. The minimum atomic E-state index is -1.05. The molecule has 0 N–H and O–H groups in total. The molecule has 1 aliphatic carbocycles. The number of amides is 1. The first-order valence-electron chi connectivity index (χ1n) is 6.72. The Kier molecular flexibility index (Phi) is 4.17. The van der Waals surface area contributed by atoms with Crippen LogP contribution in [0, 0.1) is 17.6 Å². The minimum Gasteiger partial charge on any atom is -0.339 e. The van der Waals surface area contributed by atoms with Crippen molar-refractivity contribution in [3.63, 3.8) is 0 Å². The van der Waals surface area contributed by atoms with Gasteiger partial charge in [0.05, 0.1) is 5.56 Å². The van der Waals surface area contributed by atoms with Crippen molar-refractivity contribution in [3.05, 3.63) is 35.4 Å². The van der Waals surface area contributed by atoms with Gasteiger partial charge in [0.1, 0.15) is 0 Å². The van der Waals surface area contributed by atoms with Crippen LogP contribution in [0.5, 0.6) is 0 Å². The van der Waals surface area contributed by atoms with Crippen LogP contribution in [-0.2, 0) is 0 Å². The van der Waals surface area contributed by atoms with E-state index in [9.17, 15) is 13.6 Å². The number of carbonyl (C=O) groups is 1. The van der Waals surface area contributed by atoms with Crippen molar-refractivity contribution in [1.29, 1.82) is 0 Å². The molecule has 19 heavy (non-hydrogen) atoms. The van der Waals surface area contributed by atoms with Gasteiger partial charge in [0.2, 0.25) is 0 Å². The van der Waals surface area contributed by atoms with Gasteiger partial charge in [-0.05, 0) is 43.7 Å². The second-order valence-corrected chi connectivity index (χ2v) is 5.43. The highest BCUT2D eigenvalue weighted by molar-refractivity contribution is 5.94. The highest BCUT2D eigenvalue weighted by Gasteiger charge is 2.27. The average molecular weight is 267 g/mol. The van der Waals surface area contributed by atoms with Crippen molar-refractivity contribution in [2.24, 2.45) is 5.92 Å². The lowest BCUT2D eigenvalue weighted by Gasteiger charge is -2.33. The van der Waals surface area contributed by atoms with Gasteiger partial charge in [0.25, 0.3) is 5.91 Å². The third-order valence-electron chi connectivity index (χ3n) is 4.04. The van der Waals surface area contributed by atoms with Crippen LogP contribution in [0.1, 0.15) is 43.0 Å². The Bertz CT molecular complexity index is 467. The summed E-state index contributed by atoms with van der Waals surface area (Å²) in [6.45, 7) is 2.20. The van der Waals surface area contributed by atoms with Crippen molar-refractivity contribution in [2.75, 3.05) is 7.05 Å². The summed E-state index contributed by atoms with van der Waals surface area (Å²) in [6.07, 6.45) is 4.02. The molecule has 1 fully saturated rings. The summed E-state index contributed by atoms with van der Waals surface area (Å²) in [6, 6.07) is 3.85. The number of carbonyl (C=O) groups excluding carboxylic acids is 1. The first kappa shape index (κ1) is 14.0. The fourth-order valence-corrected chi connectivity index (χ4v) is 2.65. The minimum absolute atomic E-state index is 0.131. The van der Waals surface area contributed by atoms with Crippen molar-refractivity contribution in [1.82, 2.24) is 4.90 Å². The summed E-state index contributed by atoms with van der Waals surface area (Å²) in [4.78, 5) is 13.8. The average Bonchev–Trinajstić information content (AvgIpc) is 2.41. The van der Waals surface area contributed by atoms with E-state index in [2.05, 4.69) is 6.92 Å². The number of rotatable bonds is 2. The molecule has 0 radical (unpaired) electrons. The predicted octanol–water partition coefficient (Wildman–Crippen LogP) is 3.62. The van der Waals surface area contributed by atoms with E-state index in [1.165, 1.54) is 12.1 Å². The van der Waals surface area contributed by atoms with Crippen molar-refractivity contribution in [2.45, 2.75) is 38.6 Å². The molecule has 0 spiro atoms. The van der Waals surface area contributed by atoms with Gasteiger partial charge in [0, 0.05) is 13.1 Å². The summed E-state index contributed by atoms with van der Waals surface area (Å²) >= 11 is 0. The maximum atomic E-state index is 13.6. The summed E-state index contributed by atoms with van der Waals surface area (Å²) in [5.41, 5.74) is -0.180. The van der Waals surface area contributed by atoms with Gasteiger partial charge >= 0.3 is 0 Å². The molecular formula is C15H19F2NO. The van der Waals surface area contributed by atoms with E-state index in [1.54, 1.807) is 11.9 Å². The molecule has 1 aromatic carbocycles. The molecule has 0 saturated heterocycles. The molecule has 2 rings (SSSR count). The maximum absolute atomic E-state index is 13.6. The van der Waals surface area contributed by atoms with Crippen LogP contribution in [-0.4, -0.2) is 23.9 Å². The Hall–Kier alpha value is -1.45. The van der Waals surface area contributed by atoms with Gasteiger partial charge in [-0.15, -0.1) is 0 Å². The third-order valence-corrected chi connectivity index (χ3v) is 4.04. The van der Waals surface area contributed by atoms with E-state index in [-0.39, 0.29) is 11.6 Å². The molecule has 0 aromatic heterocycles. The summed E-state index contributed by atoms with van der Waals surface area (Å²) < 4.78 is 26.8. The summed E-state index contributed by atoms with van der Waals surface area (Å²) in [5, 5.41) is 0. The predicted molar refractivity (Wildman–Crippen MR) is 69.9 cm³/mol. The van der Waals surface area contributed by atoms with Gasteiger partial charge < -0.3 is 4.90 Å². The zero-order valence-electron chi connectivity index (χ0n) is 11.3. The topological polar surface area (TPSA) is 20.3 Å². The lowest BCUT2D eigenvalue weighted by atomic mass is 9.86. The third kappa shape index (κ3) is 2.94. The number of halogens is 2. The van der Waals surface area contributed by atoms with Crippen molar-refractivity contribution >= 4 is 5.91 Å². The number of hydrogen-bond donors (Lipinski definition) is 0. The van der Waals surface area contributed by atoms with E-state index in [0.717, 1.165) is 31.7 Å². The second kappa shape index (κ2) is 5.68. The molecule has 0 bridgehead atoms. The molecule has 2 nitrogen and oxygen atoms in total. The molecule has 1 amide bonds. The normalized spacial score (nSPS) is 23.2. The van der Waals surface area contributed by atoms with E-state index in [1.807, 2.05) is 0 Å². The smallest absolute Gasteiger partial charge is 0.256 e. The van der Waals surface area contributed by atoms with Crippen molar-refractivity contribution in [3.8, 4) is 0 Å². The van der Waals surface area contributed by atoms with Crippen LogP contribution in [0.4, 0.5) is 8.78 Å². The first-order valence-corrected chi connectivity index (χ1v) is 6.72. The molecule has 4 heteroatoms. The molecule has 0 heterocycles. The Morgan fingerprint density at radius 2 is 1.84 bits per heavy atom. The van der Waals surface area contributed by atoms with E-state index in [4.69, 9.17) is 0 Å². The maximum Gasteiger partial charge on any atom is 0.256 e. The van der Waals surface area contributed by atoms with E-state index < -0.39 is 17.5 Å². The van der Waals surface area contributed by atoms with Crippen LogP contribution < -0.4 is 0 Å². The van der Waals surface area contributed by atoms with Crippen LogP contribution in [0.3, 0.4) is 0 Å². The molecule has 1 aliphatic rings. The molecule has 1 saturated carbocycles. The first-order chi connectivity index (χ1) is 9.00. The van der Waals surface area contributed by atoms with Crippen LogP contribution in [0.2, 0.25) is 0 Å². The number of benzene rings is 1. The quantitative estimate of drug-likeness (QED) is 0.801. The summed E-state index contributed by atoms with van der Waals surface area (Å²) in [7, 11) is 1.67.